The molecule has 2 fully saturated rings. The number of fused-ring (bicyclic) bond motifs is 2. The Labute approximate surface area is 186 Å². The Morgan fingerprint density at radius 1 is 1.19 bits per heavy atom. The molecule has 3 heterocycles. The third kappa shape index (κ3) is 4.52. The number of nitrogens with zero attached hydrogens (tertiary/aromatic N) is 3. The van der Waals surface area contributed by atoms with Gasteiger partial charge in [-0.05, 0) is 55.4 Å². The maximum atomic E-state index is 12.9. The summed E-state index contributed by atoms with van der Waals surface area (Å²) >= 11 is 0. The number of carboxylic acid groups (broad SMARTS) is 1. The zero-order chi connectivity index (χ0) is 22.7. The topological polar surface area (TPSA) is 125 Å². The van der Waals surface area contributed by atoms with Crippen LogP contribution in [0.5, 0.6) is 5.75 Å². The van der Waals surface area contributed by atoms with Gasteiger partial charge in [-0.25, -0.2) is 0 Å². The van der Waals surface area contributed by atoms with Gasteiger partial charge in [-0.3, -0.25) is 9.59 Å². The SMILES string of the molecule is Cc1ccc(N2C[C@H]3C[C@H](O)[C@@H](NC(=O)c4cccc5c4OCC5)C[C@H]3C2)nn1.O=CO. The quantitative estimate of drug-likeness (QED) is 0.612. The summed E-state index contributed by atoms with van der Waals surface area (Å²) in [5.41, 5.74) is 2.55. The molecule has 1 aromatic heterocycles. The molecule has 0 spiro atoms. The molecule has 5 rings (SSSR count). The number of nitrogens with one attached hydrogen (secondary N) is 1. The Balaban J connectivity index is 0.000000775. The molecule has 170 valence electrons. The first-order valence-corrected chi connectivity index (χ1v) is 10.9. The molecule has 0 radical (unpaired) electrons. The number of amides is 1. The highest BCUT2D eigenvalue weighted by Gasteiger charge is 2.42. The minimum atomic E-state index is -0.540. The number of hydrogen-bond donors (Lipinski definition) is 3. The summed E-state index contributed by atoms with van der Waals surface area (Å²) in [7, 11) is 0. The number of aliphatic hydroxyl groups excluding tert-OH is 1. The maximum absolute atomic E-state index is 12.9. The van der Waals surface area contributed by atoms with Crippen LogP contribution >= 0.6 is 0 Å². The Morgan fingerprint density at radius 3 is 2.66 bits per heavy atom. The largest absolute Gasteiger partial charge is 0.492 e. The van der Waals surface area contributed by atoms with Gasteiger partial charge in [-0.1, -0.05) is 12.1 Å². The van der Waals surface area contributed by atoms with Gasteiger partial charge in [0, 0.05) is 19.5 Å². The number of carbonyl (C=O) groups is 2. The number of aryl methyl sites for hydroxylation is 1. The fraction of sp³-hybridized carbons (Fsp3) is 0.478. The van der Waals surface area contributed by atoms with Gasteiger partial charge < -0.3 is 25.2 Å². The molecule has 9 heteroatoms. The van der Waals surface area contributed by atoms with Crippen molar-refractivity contribution in [1.82, 2.24) is 15.5 Å². The van der Waals surface area contributed by atoms with E-state index in [0.29, 0.717) is 36.2 Å². The molecule has 1 amide bonds. The van der Waals surface area contributed by atoms with E-state index in [-0.39, 0.29) is 18.4 Å². The number of anilines is 1. The summed E-state index contributed by atoms with van der Waals surface area (Å²) in [6.07, 6.45) is 1.75. The first-order valence-electron chi connectivity index (χ1n) is 10.9. The van der Waals surface area contributed by atoms with E-state index in [0.717, 1.165) is 43.0 Å². The third-order valence-corrected chi connectivity index (χ3v) is 6.53. The van der Waals surface area contributed by atoms with Gasteiger partial charge >= 0.3 is 0 Å². The number of hydrogen-bond acceptors (Lipinski definition) is 7. The molecule has 9 nitrogen and oxygen atoms in total. The van der Waals surface area contributed by atoms with Gasteiger partial charge in [-0.2, -0.15) is 5.10 Å². The van der Waals surface area contributed by atoms with Gasteiger partial charge in [0.2, 0.25) is 0 Å². The molecule has 4 atom stereocenters. The van der Waals surface area contributed by atoms with Crippen LogP contribution in [0, 0.1) is 18.8 Å². The lowest BCUT2D eigenvalue weighted by Gasteiger charge is -2.35. The summed E-state index contributed by atoms with van der Waals surface area (Å²) < 4.78 is 5.66. The Hall–Kier alpha value is -3.20. The van der Waals surface area contributed by atoms with Crippen molar-refractivity contribution in [3.05, 3.63) is 47.2 Å². The highest BCUT2D eigenvalue weighted by Crippen LogP contribution is 2.38. The lowest BCUT2D eigenvalue weighted by molar-refractivity contribution is -0.122. The average Bonchev–Trinajstić information content (AvgIpc) is 3.41. The molecule has 2 aromatic rings. The van der Waals surface area contributed by atoms with E-state index < -0.39 is 6.10 Å². The zero-order valence-corrected chi connectivity index (χ0v) is 18.0. The molecule has 32 heavy (non-hydrogen) atoms. The molecule has 1 saturated heterocycles. The standard InChI is InChI=1S/C22H26N4O3.CH2O2/c1-13-5-6-20(25-24-13)26-11-15-9-18(19(27)10-16(15)12-26)23-22(28)17-4-2-3-14-7-8-29-21(14)17;2-1-3/h2-6,15-16,18-19,27H,7-12H2,1H3,(H,23,28);1H,(H,2,3)/t15-,16+,18-,19-;/m0./s1. The number of carbonyl (C=O) groups excluding carboxylic acids is 1. The van der Waals surface area contributed by atoms with Crippen LogP contribution in [0.1, 0.15) is 34.5 Å². The second-order valence-corrected chi connectivity index (χ2v) is 8.57. The van der Waals surface area contributed by atoms with Crippen LogP contribution in [0.2, 0.25) is 0 Å². The summed E-state index contributed by atoms with van der Waals surface area (Å²) in [5.74, 6) is 2.25. The first-order chi connectivity index (χ1) is 15.5. The number of rotatable bonds is 3. The minimum Gasteiger partial charge on any atom is -0.492 e. The summed E-state index contributed by atoms with van der Waals surface area (Å²) in [5, 5.41) is 29.1. The van der Waals surface area contributed by atoms with Gasteiger partial charge in [0.15, 0.2) is 5.82 Å². The molecule has 0 unspecified atom stereocenters. The van der Waals surface area contributed by atoms with Crippen LogP contribution in [0.4, 0.5) is 5.82 Å². The van der Waals surface area contributed by atoms with Crippen LogP contribution in [-0.2, 0) is 11.2 Å². The van der Waals surface area contributed by atoms with E-state index in [2.05, 4.69) is 20.4 Å². The molecule has 0 bridgehead atoms. The van der Waals surface area contributed by atoms with E-state index in [1.165, 1.54) is 0 Å². The Bertz CT molecular complexity index is 967. The lowest BCUT2D eigenvalue weighted by atomic mass is 9.77. The van der Waals surface area contributed by atoms with Crippen molar-refractivity contribution in [2.75, 3.05) is 24.6 Å². The number of aromatic nitrogens is 2. The third-order valence-electron chi connectivity index (χ3n) is 6.53. The summed E-state index contributed by atoms with van der Waals surface area (Å²) in [6, 6.07) is 9.43. The number of benzene rings is 1. The molecule has 1 aromatic carbocycles. The molecule has 1 saturated carbocycles. The highest BCUT2D eigenvalue weighted by molar-refractivity contribution is 5.97. The second kappa shape index (κ2) is 9.52. The fourth-order valence-electron chi connectivity index (χ4n) is 4.97. The molecule has 3 aliphatic rings. The predicted octanol–water partition coefficient (Wildman–Crippen LogP) is 1.43. The van der Waals surface area contributed by atoms with Crippen LogP contribution in [0.15, 0.2) is 30.3 Å². The second-order valence-electron chi connectivity index (χ2n) is 8.57. The number of aliphatic hydroxyl groups is 1. The number of para-hydroxylation sites is 1. The lowest BCUT2D eigenvalue weighted by Crippen LogP contribution is -2.49. The molecular formula is C23H28N4O5. The molecule has 3 N–H and O–H groups in total. The summed E-state index contributed by atoms with van der Waals surface area (Å²) in [6.45, 7) is 4.05. The van der Waals surface area contributed by atoms with E-state index in [1.54, 1.807) is 6.07 Å². The van der Waals surface area contributed by atoms with Crippen LogP contribution in [0.25, 0.3) is 0 Å². The highest BCUT2D eigenvalue weighted by atomic mass is 16.5. The van der Waals surface area contributed by atoms with E-state index in [4.69, 9.17) is 14.6 Å². The van der Waals surface area contributed by atoms with Crippen molar-refractivity contribution in [2.24, 2.45) is 11.8 Å². The fourth-order valence-corrected chi connectivity index (χ4v) is 4.97. The summed E-state index contributed by atoms with van der Waals surface area (Å²) in [4.78, 5) is 23.5. The van der Waals surface area contributed by atoms with Crippen molar-refractivity contribution >= 4 is 18.2 Å². The maximum Gasteiger partial charge on any atom is 0.290 e. The minimum absolute atomic E-state index is 0.162. The van der Waals surface area contributed by atoms with Crippen molar-refractivity contribution in [2.45, 2.75) is 38.3 Å². The van der Waals surface area contributed by atoms with Gasteiger partial charge in [0.05, 0.1) is 30.0 Å². The van der Waals surface area contributed by atoms with Crippen LogP contribution in [0.3, 0.4) is 0 Å². The molecule has 2 aliphatic heterocycles. The van der Waals surface area contributed by atoms with Crippen LogP contribution in [-0.4, -0.2) is 64.6 Å². The molecule has 1 aliphatic carbocycles. The smallest absolute Gasteiger partial charge is 0.290 e. The van der Waals surface area contributed by atoms with Gasteiger partial charge in [0.25, 0.3) is 12.4 Å². The average molecular weight is 441 g/mol. The van der Waals surface area contributed by atoms with E-state index in [9.17, 15) is 9.90 Å². The van der Waals surface area contributed by atoms with Gasteiger partial charge in [0.1, 0.15) is 5.75 Å². The van der Waals surface area contributed by atoms with Crippen molar-refractivity contribution in [1.29, 1.82) is 0 Å². The number of ether oxygens (including phenoxy) is 1. The first kappa shape index (κ1) is 22.0. The van der Waals surface area contributed by atoms with Crippen molar-refractivity contribution in [3.8, 4) is 5.75 Å². The van der Waals surface area contributed by atoms with E-state index >= 15 is 0 Å². The van der Waals surface area contributed by atoms with Crippen LogP contribution < -0.4 is 15.0 Å². The van der Waals surface area contributed by atoms with E-state index in [1.807, 2.05) is 31.2 Å². The molecular weight excluding hydrogens is 412 g/mol. The van der Waals surface area contributed by atoms with Crippen molar-refractivity contribution < 1.29 is 24.5 Å². The Kier molecular flexibility index (Phi) is 6.55. The Morgan fingerprint density at radius 2 is 1.94 bits per heavy atom. The zero-order valence-electron chi connectivity index (χ0n) is 18.0. The van der Waals surface area contributed by atoms with Gasteiger partial charge in [-0.15, -0.1) is 5.10 Å². The van der Waals surface area contributed by atoms with Crippen molar-refractivity contribution in [3.63, 3.8) is 0 Å². The normalized spacial score (nSPS) is 25.6. The monoisotopic (exact) mass is 440 g/mol. The predicted molar refractivity (Wildman–Crippen MR) is 117 cm³/mol.